The Morgan fingerprint density at radius 3 is 1.64 bits per heavy atom. The van der Waals surface area contributed by atoms with Gasteiger partial charge in [0.1, 0.15) is 17.7 Å². The summed E-state index contributed by atoms with van der Waals surface area (Å²) in [7, 11) is 0. The lowest BCUT2D eigenvalue weighted by molar-refractivity contribution is 0.0240. The molecule has 4 rings (SSSR count). The van der Waals surface area contributed by atoms with Gasteiger partial charge in [0, 0.05) is 52.4 Å². The number of nitrogens with zero attached hydrogens (tertiary/aromatic N) is 9. The molecule has 0 spiro atoms. The van der Waals surface area contributed by atoms with Crippen molar-refractivity contribution in [3.8, 4) is 12.1 Å². The molecular weight excluding hydrogens is 484 g/mol. The van der Waals surface area contributed by atoms with Crippen molar-refractivity contribution in [2.75, 3.05) is 62.2 Å². The molecule has 2 aromatic rings. The number of carbonyl (C=O) groups excluding carboxylic acids is 1. The van der Waals surface area contributed by atoms with Crippen molar-refractivity contribution < 1.29 is 9.53 Å². The molecule has 0 bridgehead atoms. The Hall–Kier alpha value is -3.74. The number of ether oxygens (including phenoxy) is 1. The number of hydrogen-bond acceptors (Lipinski definition) is 11. The monoisotopic (exact) mass is 514 g/mol. The molecule has 4 heterocycles. The maximum Gasteiger partial charge on any atom is 0.410 e. The van der Waals surface area contributed by atoms with Crippen LogP contribution in [0.1, 0.15) is 31.9 Å². The van der Waals surface area contributed by atoms with Crippen molar-refractivity contribution >= 4 is 30.4 Å². The number of nitrogens with one attached hydrogen (secondary N) is 1. The van der Waals surface area contributed by atoms with E-state index in [0.717, 1.165) is 26.2 Å². The zero-order valence-corrected chi connectivity index (χ0v) is 21.5. The second-order valence-corrected chi connectivity index (χ2v) is 8.96. The Labute approximate surface area is 217 Å². The fourth-order valence-corrected chi connectivity index (χ4v) is 3.36. The van der Waals surface area contributed by atoms with Crippen LogP contribution in [0.5, 0.6) is 0 Å². The first kappa shape index (κ1) is 28.5. The SMILES string of the molecule is CC(C)(C)OC(=O)N1CCN(c2ncc(C#N)cn2)CC1.Cl.N#Cc1cnc(N2CCNCC2)nc1. The van der Waals surface area contributed by atoms with Crippen LogP contribution in [-0.4, -0.2) is 88.9 Å². The van der Waals surface area contributed by atoms with Crippen LogP contribution >= 0.6 is 12.4 Å². The first-order valence-corrected chi connectivity index (χ1v) is 11.4. The third-order valence-electron chi connectivity index (χ3n) is 5.15. The molecule has 2 fully saturated rings. The van der Waals surface area contributed by atoms with Crippen molar-refractivity contribution in [3.05, 3.63) is 35.9 Å². The summed E-state index contributed by atoms with van der Waals surface area (Å²) in [5, 5.41) is 20.6. The van der Waals surface area contributed by atoms with Gasteiger partial charge in [-0.05, 0) is 20.8 Å². The van der Waals surface area contributed by atoms with Crippen LogP contribution in [-0.2, 0) is 4.74 Å². The number of amides is 1. The van der Waals surface area contributed by atoms with Gasteiger partial charge < -0.3 is 24.8 Å². The number of carbonyl (C=O) groups is 1. The van der Waals surface area contributed by atoms with E-state index in [-0.39, 0.29) is 18.5 Å². The summed E-state index contributed by atoms with van der Waals surface area (Å²) in [4.78, 5) is 34.3. The maximum absolute atomic E-state index is 12.0. The van der Waals surface area contributed by atoms with Gasteiger partial charge in [0.05, 0.1) is 35.9 Å². The summed E-state index contributed by atoms with van der Waals surface area (Å²) in [5.41, 5.74) is 0.458. The van der Waals surface area contributed by atoms with E-state index in [4.69, 9.17) is 15.3 Å². The molecule has 2 aliphatic rings. The Morgan fingerprint density at radius 1 is 0.833 bits per heavy atom. The van der Waals surface area contributed by atoms with Gasteiger partial charge in [-0.2, -0.15) is 10.5 Å². The molecule has 13 heteroatoms. The van der Waals surface area contributed by atoms with Crippen molar-refractivity contribution in [3.63, 3.8) is 0 Å². The van der Waals surface area contributed by atoms with Crippen LogP contribution in [0.15, 0.2) is 24.8 Å². The van der Waals surface area contributed by atoms with Gasteiger partial charge in [-0.3, -0.25) is 0 Å². The van der Waals surface area contributed by atoms with Gasteiger partial charge in [0.25, 0.3) is 0 Å². The lowest BCUT2D eigenvalue weighted by atomic mass is 10.2. The van der Waals surface area contributed by atoms with Gasteiger partial charge in [-0.25, -0.2) is 24.7 Å². The maximum atomic E-state index is 12.0. The third-order valence-corrected chi connectivity index (χ3v) is 5.15. The summed E-state index contributed by atoms with van der Waals surface area (Å²) >= 11 is 0. The lowest BCUT2D eigenvalue weighted by Gasteiger charge is -2.35. The van der Waals surface area contributed by atoms with E-state index in [9.17, 15) is 4.79 Å². The predicted octanol–water partition coefficient (Wildman–Crippen LogP) is 1.59. The van der Waals surface area contributed by atoms with E-state index in [1.54, 1.807) is 17.3 Å². The molecule has 0 atom stereocenters. The summed E-state index contributed by atoms with van der Waals surface area (Å²) in [5.74, 6) is 1.29. The summed E-state index contributed by atoms with van der Waals surface area (Å²) in [6.45, 7) is 11.8. The lowest BCUT2D eigenvalue weighted by Crippen LogP contribution is -2.50. The van der Waals surface area contributed by atoms with Gasteiger partial charge in [0.2, 0.25) is 11.9 Å². The van der Waals surface area contributed by atoms with Gasteiger partial charge in [-0.15, -0.1) is 12.4 Å². The molecule has 0 unspecified atom stereocenters. The number of nitriles is 2. The largest absolute Gasteiger partial charge is 0.444 e. The number of hydrogen-bond donors (Lipinski definition) is 1. The second kappa shape index (κ2) is 13.4. The molecule has 2 aliphatic heterocycles. The number of aromatic nitrogens is 4. The van der Waals surface area contributed by atoms with Gasteiger partial charge in [-0.1, -0.05) is 0 Å². The predicted molar refractivity (Wildman–Crippen MR) is 136 cm³/mol. The Kier molecular flexibility index (Phi) is 10.6. The third kappa shape index (κ3) is 8.48. The average molecular weight is 515 g/mol. The molecule has 0 saturated carbocycles. The number of rotatable bonds is 2. The molecule has 2 saturated heterocycles. The first-order valence-electron chi connectivity index (χ1n) is 11.4. The van der Waals surface area contributed by atoms with E-state index < -0.39 is 5.60 Å². The van der Waals surface area contributed by atoms with Crippen LogP contribution in [0.25, 0.3) is 0 Å². The van der Waals surface area contributed by atoms with Crippen LogP contribution in [0.2, 0.25) is 0 Å². The summed E-state index contributed by atoms with van der Waals surface area (Å²) in [6.07, 6.45) is 5.84. The molecular formula is C23H31ClN10O2. The van der Waals surface area contributed by atoms with Crippen LogP contribution in [0.3, 0.4) is 0 Å². The van der Waals surface area contributed by atoms with Gasteiger partial charge >= 0.3 is 6.09 Å². The average Bonchev–Trinajstić information content (AvgIpc) is 2.89. The molecule has 0 aromatic carbocycles. The van der Waals surface area contributed by atoms with E-state index >= 15 is 0 Å². The van der Waals surface area contributed by atoms with Crippen LogP contribution in [0, 0.1) is 22.7 Å². The highest BCUT2D eigenvalue weighted by Gasteiger charge is 2.26. The van der Waals surface area contributed by atoms with Crippen molar-refractivity contribution in [1.82, 2.24) is 30.2 Å². The van der Waals surface area contributed by atoms with E-state index in [1.165, 1.54) is 12.4 Å². The molecule has 36 heavy (non-hydrogen) atoms. The number of piperazine rings is 2. The fourth-order valence-electron chi connectivity index (χ4n) is 3.36. The summed E-state index contributed by atoms with van der Waals surface area (Å²) in [6, 6.07) is 3.99. The zero-order valence-electron chi connectivity index (χ0n) is 20.7. The highest BCUT2D eigenvalue weighted by atomic mass is 35.5. The second-order valence-electron chi connectivity index (χ2n) is 8.96. The minimum Gasteiger partial charge on any atom is -0.444 e. The summed E-state index contributed by atoms with van der Waals surface area (Å²) < 4.78 is 5.35. The Bertz CT molecular complexity index is 1050. The van der Waals surface area contributed by atoms with E-state index in [2.05, 4.69) is 30.2 Å². The zero-order chi connectivity index (χ0) is 25.3. The quantitative estimate of drug-likeness (QED) is 0.622. The highest BCUT2D eigenvalue weighted by Crippen LogP contribution is 2.14. The van der Waals surface area contributed by atoms with Crippen molar-refractivity contribution in [1.29, 1.82) is 10.5 Å². The molecule has 0 radical (unpaired) electrons. The van der Waals surface area contributed by atoms with E-state index in [1.807, 2.05) is 37.8 Å². The van der Waals surface area contributed by atoms with E-state index in [0.29, 0.717) is 49.2 Å². The molecule has 1 N–H and O–H groups in total. The number of anilines is 2. The topological polar surface area (TPSA) is 147 Å². The normalized spacial score (nSPS) is 15.4. The molecule has 12 nitrogen and oxygen atoms in total. The highest BCUT2D eigenvalue weighted by molar-refractivity contribution is 5.85. The Morgan fingerprint density at radius 2 is 1.25 bits per heavy atom. The Balaban J connectivity index is 0.000000265. The van der Waals surface area contributed by atoms with Crippen molar-refractivity contribution in [2.45, 2.75) is 26.4 Å². The fraction of sp³-hybridized carbons (Fsp3) is 0.522. The molecule has 192 valence electrons. The van der Waals surface area contributed by atoms with Crippen LogP contribution in [0.4, 0.5) is 16.7 Å². The number of halogens is 1. The minimum atomic E-state index is -0.482. The van der Waals surface area contributed by atoms with Crippen molar-refractivity contribution in [2.24, 2.45) is 0 Å². The molecule has 1 amide bonds. The molecule has 2 aromatic heterocycles. The standard InChI is InChI=1S/C14H19N5O2.C9H11N5.ClH/c1-14(2,3)21-13(20)19-6-4-18(5-7-19)12-16-9-11(8-15)10-17-12;10-5-8-6-12-9(13-7-8)14-3-1-11-2-4-14;/h9-10H,4-7H2,1-3H3;6-7,11H,1-4H2;1H. The first-order chi connectivity index (χ1) is 16.8. The van der Waals surface area contributed by atoms with Gasteiger partial charge in [0.15, 0.2) is 0 Å². The minimum absolute atomic E-state index is 0. The molecule has 0 aliphatic carbocycles. The van der Waals surface area contributed by atoms with Crippen LogP contribution < -0.4 is 15.1 Å². The smallest absolute Gasteiger partial charge is 0.410 e.